The lowest BCUT2D eigenvalue weighted by Gasteiger charge is -2.35. The second kappa shape index (κ2) is 11.3. The van der Waals surface area contributed by atoms with Crippen LogP contribution in [0, 0.1) is 11.6 Å². The largest absolute Gasteiger partial charge is 0.497 e. The van der Waals surface area contributed by atoms with Crippen molar-refractivity contribution in [3.63, 3.8) is 0 Å². The molecule has 1 unspecified atom stereocenters. The summed E-state index contributed by atoms with van der Waals surface area (Å²) in [5.74, 6) is -3.74. The van der Waals surface area contributed by atoms with Gasteiger partial charge in [0.15, 0.2) is 11.6 Å². The summed E-state index contributed by atoms with van der Waals surface area (Å²) in [6.07, 6.45) is -3.96. The van der Waals surface area contributed by atoms with Crippen LogP contribution in [0.1, 0.15) is 34.8 Å². The van der Waals surface area contributed by atoms with E-state index in [1.54, 1.807) is 0 Å². The molecule has 1 aliphatic rings. The smallest absolute Gasteiger partial charge is 0.387 e. The van der Waals surface area contributed by atoms with Crippen molar-refractivity contribution in [1.82, 2.24) is 14.9 Å². The number of hydrogen-bond acceptors (Lipinski definition) is 5. The van der Waals surface area contributed by atoms with E-state index in [1.807, 2.05) is 0 Å². The highest BCUT2D eigenvalue weighted by atomic mass is 19.3. The molecular formula is C24H21F7N4O3. The summed E-state index contributed by atoms with van der Waals surface area (Å²) in [5, 5.41) is 4.59. The van der Waals surface area contributed by atoms with Gasteiger partial charge in [-0.05, 0) is 37.1 Å². The fraction of sp³-hybridized carbons (Fsp3) is 0.333. The summed E-state index contributed by atoms with van der Waals surface area (Å²) in [7, 11) is 1.23. The van der Waals surface area contributed by atoms with E-state index in [1.165, 1.54) is 25.4 Å². The van der Waals surface area contributed by atoms with Crippen molar-refractivity contribution in [2.45, 2.75) is 44.1 Å². The molecule has 0 saturated heterocycles. The molecule has 0 bridgehead atoms. The topological polar surface area (TPSA) is 77.4 Å². The molecule has 4 rings (SSSR count). The zero-order valence-corrected chi connectivity index (χ0v) is 19.6. The molecule has 2 N–H and O–H groups in total. The molecule has 1 atom stereocenters. The summed E-state index contributed by atoms with van der Waals surface area (Å²) in [4.78, 5) is 17.1. The van der Waals surface area contributed by atoms with Gasteiger partial charge in [0.25, 0.3) is 12.3 Å². The third kappa shape index (κ3) is 6.01. The first-order valence-electron chi connectivity index (χ1n) is 11.2. The summed E-state index contributed by atoms with van der Waals surface area (Å²) in [5.41, 5.74) is -0.288. The maximum atomic E-state index is 14.9. The lowest BCUT2D eigenvalue weighted by molar-refractivity contribution is -0.0498. The van der Waals surface area contributed by atoms with Gasteiger partial charge in [-0.15, -0.1) is 0 Å². The molecular weight excluding hydrogens is 525 g/mol. The number of methoxy groups -OCH3 is 1. The van der Waals surface area contributed by atoms with Crippen molar-refractivity contribution in [1.29, 1.82) is 0 Å². The van der Waals surface area contributed by atoms with Gasteiger partial charge in [0.05, 0.1) is 12.8 Å². The standard InChI is InChI=1S/C24H21F7N4O3/c1-37-15-8-16(25)19(17(26)9-15)35-10-18(12-6-13(7-12)32-21(29)20(27)28)33-24(35)34-22(36)11-2-4-14(5-3-11)38-23(30)31/h2-5,8-10,12-13,20-21,23,32H,6-7H2,1H3,(H,33,34,36). The number of carbonyl (C=O) groups is 1. The number of nitrogens with zero attached hydrogens (tertiary/aromatic N) is 2. The number of hydrogen-bond donors (Lipinski definition) is 2. The Morgan fingerprint density at radius 1 is 1.03 bits per heavy atom. The molecule has 1 aromatic heterocycles. The van der Waals surface area contributed by atoms with Gasteiger partial charge in [0.2, 0.25) is 12.2 Å². The Balaban J connectivity index is 1.61. The van der Waals surface area contributed by atoms with Crippen molar-refractivity contribution >= 4 is 11.9 Å². The van der Waals surface area contributed by atoms with Crippen LogP contribution in [0.5, 0.6) is 11.5 Å². The molecule has 0 spiro atoms. The summed E-state index contributed by atoms with van der Waals surface area (Å²) < 4.78 is 103. The molecule has 38 heavy (non-hydrogen) atoms. The van der Waals surface area contributed by atoms with Crippen LogP contribution in [0.4, 0.5) is 36.7 Å². The number of halogens is 7. The molecule has 14 heteroatoms. The van der Waals surface area contributed by atoms with Gasteiger partial charge in [0.1, 0.15) is 17.2 Å². The van der Waals surface area contributed by atoms with Crippen molar-refractivity contribution in [3.8, 4) is 17.2 Å². The lowest BCUT2D eigenvalue weighted by Crippen LogP contribution is -2.46. The Hall–Kier alpha value is -3.81. The van der Waals surface area contributed by atoms with Crippen LogP contribution < -0.4 is 20.1 Å². The summed E-state index contributed by atoms with van der Waals surface area (Å²) in [6.45, 7) is -3.05. The van der Waals surface area contributed by atoms with E-state index < -0.39 is 48.6 Å². The fourth-order valence-corrected chi connectivity index (χ4v) is 4.00. The molecule has 3 aromatic rings. The molecule has 1 fully saturated rings. The number of aromatic nitrogens is 2. The maximum absolute atomic E-state index is 14.9. The second-order valence-electron chi connectivity index (χ2n) is 8.42. The van der Waals surface area contributed by atoms with Crippen LogP contribution in [0.15, 0.2) is 42.6 Å². The van der Waals surface area contributed by atoms with Gasteiger partial charge < -0.3 is 9.47 Å². The first-order chi connectivity index (χ1) is 18.0. The number of nitrogens with one attached hydrogen (secondary N) is 2. The van der Waals surface area contributed by atoms with Gasteiger partial charge in [-0.25, -0.2) is 26.9 Å². The average Bonchev–Trinajstić information content (AvgIpc) is 3.22. The van der Waals surface area contributed by atoms with E-state index in [0.29, 0.717) is 0 Å². The first kappa shape index (κ1) is 27.2. The molecule has 1 aliphatic carbocycles. The third-order valence-electron chi connectivity index (χ3n) is 5.93. The quantitative estimate of drug-likeness (QED) is 0.263. The van der Waals surface area contributed by atoms with E-state index in [4.69, 9.17) is 4.74 Å². The Morgan fingerprint density at radius 3 is 2.21 bits per heavy atom. The van der Waals surface area contributed by atoms with E-state index in [2.05, 4.69) is 20.4 Å². The molecule has 1 amide bonds. The minimum absolute atomic E-state index is 0.00675. The number of amides is 1. The van der Waals surface area contributed by atoms with Gasteiger partial charge in [-0.3, -0.25) is 20.0 Å². The molecule has 204 valence electrons. The third-order valence-corrected chi connectivity index (χ3v) is 5.93. The molecule has 1 heterocycles. The first-order valence-corrected chi connectivity index (χ1v) is 11.2. The van der Waals surface area contributed by atoms with Crippen LogP contribution in [0.3, 0.4) is 0 Å². The lowest BCUT2D eigenvalue weighted by atomic mass is 9.78. The van der Waals surface area contributed by atoms with Crippen LogP contribution in [0.25, 0.3) is 5.69 Å². The van der Waals surface area contributed by atoms with Gasteiger partial charge >= 0.3 is 6.61 Å². The predicted octanol–water partition coefficient (Wildman–Crippen LogP) is 5.41. The molecule has 2 aromatic carbocycles. The van der Waals surface area contributed by atoms with Crippen molar-refractivity contribution in [3.05, 3.63) is 65.5 Å². The second-order valence-corrected chi connectivity index (χ2v) is 8.42. The minimum atomic E-state index is -3.19. The molecule has 0 aliphatic heterocycles. The number of imidazole rings is 1. The maximum Gasteiger partial charge on any atom is 0.387 e. The van der Waals surface area contributed by atoms with E-state index >= 15 is 0 Å². The molecule has 7 nitrogen and oxygen atoms in total. The summed E-state index contributed by atoms with van der Waals surface area (Å²) >= 11 is 0. The van der Waals surface area contributed by atoms with E-state index in [9.17, 15) is 35.5 Å². The van der Waals surface area contributed by atoms with E-state index in [0.717, 1.165) is 28.8 Å². The molecule has 1 saturated carbocycles. The van der Waals surface area contributed by atoms with Gasteiger partial charge in [-0.1, -0.05) is 0 Å². The normalized spacial score (nSPS) is 17.8. The number of benzene rings is 2. The van der Waals surface area contributed by atoms with Gasteiger partial charge in [0, 0.05) is 35.9 Å². The van der Waals surface area contributed by atoms with Crippen LogP contribution >= 0.6 is 0 Å². The average molecular weight is 546 g/mol. The van der Waals surface area contributed by atoms with Crippen molar-refractivity contribution in [2.75, 3.05) is 12.4 Å². The Bertz CT molecular complexity index is 1260. The monoisotopic (exact) mass is 546 g/mol. The number of alkyl halides is 5. The Kier molecular flexibility index (Phi) is 8.09. The van der Waals surface area contributed by atoms with Crippen molar-refractivity contribution < 1.29 is 45.0 Å². The predicted molar refractivity (Wildman–Crippen MR) is 121 cm³/mol. The highest BCUT2D eigenvalue weighted by Gasteiger charge is 2.36. The zero-order valence-electron chi connectivity index (χ0n) is 19.6. The highest BCUT2D eigenvalue weighted by molar-refractivity contribution is 6.03. The number of anilines is 1. The van der Waals surface area contributed by atoms with Crippen LogP contribution in [-0.4, -0.2) is 47.9 Å². The van der Waals surface area contributed by atoms with Crippen LogP contribution in [0.2, 0.25) is 0 Å². The zero-order chi connectivity index (χ0) is 27.6. The molecule has 0 radical (unpaired) electrons. The Morgan fingerprint density at radius 2 is 1.66 bits per heavy atom. The van der Waals surface area contributed by atoms with Gasteiger partial charge in [-0.2, -0.15) is 8.78 Å². The van der Waals surface area contributed by atoms with Crippen LogP contribution in [-0.2, 0) is 0 Å². The fourth-order valence-electron chi connectivity index (χ4n) is 4.00. The van der Waals surface area contributed by atoms with Crippen molar-refractivity contribution in [2.24, 2.45) is 0 Å². The highest BCUT2D eigenvalue weighted by Crippen LogP contribution is 2.38. The Labute approximate surface area is 211 Å². The minimum Gasteiger partial charge on any atom is -0.497 e. The number of carbonyl (C=O) groups excluding carboxylic acids is 1. The SMILES string of the molecule is COc1cc(F)c(-n2cc(C3CC(NC(F)C(F)F)C3)nc2NC(=O)c2ccc(OC(F)F)cc2)c(F)c1. The van der Waals surface area contributed by atoms with E-state index in [-0.39, 0.29) is 47.5 Å². The number of rotatable bonds is 10. The number of ether oxygens (including phenoxy) is 2. The summed E-state index contributed by atoms with van der Waals surface area (Å²) in [6, 6.07) is 5.99.